The predicted molar refractivity (Wildman–Crippen MR) is 86.7 cm³/mol. The van der Waals surface area contributed by atoms with Gasteiger partial charge in [-0.1, -0.05) is 30.3 Å². The molecule has 0 bridgehead atoms. The first kappa shape index (κ1) is 17.3. The largest absolute Gasteiger partial charge is 0.329 e. The molecule has 23 heavy (non-hydrogen) atoms. The maximum Gasteiger partial charge on any atom is 0.318 e. The van der Waals surface area contributed by atoms with Gasteiger partial charge in [-0.25, -0.2) is 18.6 Å². The van der Waals surface area contributed by atoms with Crippen molar-refractivity contribution < 1.29 is 13.6 Å². The number of carbonyl (C=O) groups excluding carboxylic acids is 1. The predicted octanol–water partition coefficient (Wildman–Crippen LogP) is 3.99. The van der Waals surface area contributed by atoms with Gasteiger partial charge in [-0.2, -0.15) is 0 Å². The van der Waals surface area contributed by atoms with Crippen LogP contribution in [0.25, 0.3) is 0 Å². The highest BCUT2D eigenvalue weighted by Gasteiger charge is 2.21. The molecule has 4 nitrogen and oxygen atoms in total. The van der Waals surface area contributed by atoms with E-state index in [0.717, 1.165) is 20.3 Å². The number of halogens is 2. The van der Waals surface area contributed by atoms with Crippen LogP contribution in [0.5, 0.6) is 0 Å². The van der Waals surface area contributed by atoms with Crippen molar-refractivity contribution in [1.82, 2.24) is 15.2 Å². The van der Waals surface area contributed by atoms with Crippen LogP contribution in [0.4, 0.5) is 13.6 Å². The van der Waals surface area contributed by atoms with E-state index in [1.807, 2.05) is 25.1 Å². The first-order valence-electron chi connectivity index (χ1n) is 7.25. The van der Waals surface area contributed by atoms with Crippen molar-refractivity contribution in [3.05, 3.63) is 52.0 Å². The van der Waals surface area contributed by atoms with E-state index >= 15 is 0 Å². The topological polar surface area (TPSA) is 45.2 Å². The van der Waals surface area contributed by atoms with Crippen molar-refractivity contribution in [2.24, 2.45) is 0 Å². The van der Waals surface area contributed by atoms with E-state index in [0.29, 0.717) is 0 Å². The van der Waals surface area contributed by atoms with Gasteiger partial charge in [-0.15, -0.1) is 11.3 Å². The fourth-order valence-electron chi connectivity index (χ4n) is 2.10. The summed E-state index contributed by atoms with van der Waals surface area (Å²) in [5.41, 5.74) is 0.807. The van der Waals surface area contributed by atoms with Crippen LogP contribution in [0.2, 0.25) is 0 Å². The summed E-state index contributed by atoms with van der Waals surface area (Å²) in [4.78, 5) is 18.7. The lowest BCUT2D eigenvalue weighted by atomic mass is 10.2. The third-order valence-electron chi connectivity index (χ3n) is 3.21. The van der Waals surface area contributed by atoms with Gasteiger partial charge in [0.15, 0.2) is 0 Å². The van der Waals surface area contributed by atoms with Gasteiger partial charge in [0.2, 0.25) is 0 Å². The van der Waals surface area contributed by atoms with Crippen molar-refractivity contribution in [1.29, 1.82) is 0 Å². The Hall–Kier alpha value is -2.02. The normalized spacial score (nSPS) is 12.2. The van der Waals surface area contributed by atoms with Crippen molar-refractivity contribution in [2.45, 2.75) is 32.9 Å². The van der Waals surface area contributed by atoms with Crippen molar-refractivity contribution in [2.75, 3.05) is 6.54 Å². The van der Waals surface area contributed by atoms with Gasteiger partial charge in [-0.05, 0) is 19.4 Å². The van der Waals surface area contributed by atoms with Crippen LogP contribution in [0.15, 0.2) is 36.5 Å². The van der Waals surface area contributed by atoms with Crippen LogP contribution in [-0.2, 0) is 6.54 Å². The highest BCUT2D eigenvalue weighted by Crippen LogP contribution is 2.19. The van der Waals surface area contributed by atoms with E-state index in [4.69, 9.17) is 0 Å². The molecule has 0 aliphatic carbocycles. The number of hydrogen-bond acceptors (Lipinski definition) is 3. The molecule has 0 aliphatic rings. The lowest BCUT2D eigenvalue weighted by Gasteiger charge is -2.24. The third kappa shape index (κ3) is 5.28. The van der Waals surface area contributed by atoms with Crippen LogP contribution in [0.1, 0.15) is 28.4 Å². The molecule has 0 spiro atoms. The molecule has 1 N–H and O–H groups in total. The number of amides is 2. The minimum atomic E-state index is -2.58. The quantitative estimate of drug-likeness (QED) is 0.865. The molecule has 0 fully saturated rings. The number of thiazole rings is 1. The molecule has 0 saturated heterocycles. The number of nitrogens with one attached hydrogen (secondary N) is 1. The first-order valence-corrected chi connectivity index (χ1v) is 8.07. The van der Waals surface area contributed by atoms with Gasteiger partial charge < -0.3 is 10.2 Å². The summed E-state index contributed by atoms with van der Waals surface area (Å²) in [6, 6.07) is 8.24. The summed E-state index contributed by atoms with van der Waals surface area (Å²) < 4.78 is 25.6. The van der Waals surface area contributed by atoms with Gasteiger partial charge in [0.05, 0.1) is 12.6 Å². The molecule has 0 aliphatic heterocycles. The maximum atomic E-state index is 12.8. The number of carbonyl (C=O) groups is 1. The van der Waals surface area contributed by atoms with Crippen molar-refractivity contribution in [3.8, 4) is 0 Å². The molecule has 1 aromatic heterocycles. The molecule has 2 aromatic rings. The lowest BCUT2D eigenvalue weighted by Crippen LogP contribution is -2.42. The number of alkyl halides is 2. The second kappa shape index (κ2) is 8.01. The monoisotopic (exact) mass is 339 g/mol. The van der Waals surface area contributed by atoms with Gasteiger partial charge in [0.1, 0.15) is 5.01 Å². The molecule has 0 unspecified atom stereocenters. The number of urea groups is 1. The van der Waals surface area contributed by atoms with Crippen LogP contribution in [0.3, 0.4) is 0 Å². The van der Waals surface area contributed by atoms with Crippen LogP contribution in [0, 0.1) is 6.92 Å². The Kier molecular flexibility index (Phi) is 6.04. The number of hydrogen-bond donors (Lipinski definition) is 1. The molecule has 1 atom stereocenters. The summed E-state index contributed by atoms with van der Waals surface area (Å²) in [6.45, 7) is 3.25. The molecule has 124 valence electrons. The number of rotatable bonds is 6. The Labute approximate surface area is 138 Å². The van der Waals surface area contributed by atoms with Gasteiger partial charge in [0, 0.05) is 17.6 Å². The standard InChI is InChI=1S/C16H19F2N3OS/c1-11-8-19-15(23-11)12(2)20-16(22)21(10-14(17)18)9-13-6-4-3-5-7-13/h3-8,12,14H,9-10H2,1-2H3,(H,20,22)/t12-/m0/s1. The number of benzene rings is 1. The second-order valence-corrected chi connectivity index (χ2v) is 6.50. The average molecular weight is 339 g/mol. The lowest BCUT2D eigenvalue weighted by molar-refractivity contribution is 0.0949. The van der Waals surface area contributed by atoms with E-state index in [-0.39, 0.29) is 12.6 Å². The van der Waals surface area contributed by atoms with E-state index in [1.54, 1.807) is 25.3 Å². The Morgan fingerprint density at radius 2 is 2.04 bits per heavy atom. The molecule has 1 aromatic carbocycles. The molecular formula is C16H19F2N3OS. The van der Waals surface area contributed by atoms with E-state index < -0.39 is 19.0 Å². The third-order valence-corrected chi connectivity index (χ3v) is 4.31. The second-order valence-electron chi connectivity index (χ2n) is 5.24. The average Bonchev–Trinajstić information content (AvgIpc) is 2.94. The fraction of sp³-hybridized carbons (Fsp3) is 0.375. The minimum Gasteiger partial charge on any atom is -0.329 e. The van der Waals surface area contributed by atoms with Crippen LogP contribution >= 0.6 is 11.3 Å². The van der Waals surface area contributed by atoms with Gasteiger partial charge >= 0.3 is 6.03 Å². The highest BCUT2D eigenvalue weighted by molar-refractivity contribution is 7.11. The molecule has 2 amide bonds. The molecule has 2 rings (SSSR count). The molecular weight excluding hydrogens is 320 g/mol. The number of aromatic nitrogens is 1. The van der Waals surface area contributed by atoms with E-state index in [2.05, 4.69) is 10.3 Å². The van der Waals surface area contributed by atoms with Crippen LogP contribution < -0.4 is 5.32 Å². The Balaban J connectivity index is 2.04. The Morgan fingerprint density at radius 3 is 2.61 bits per heavy atom. The zero-order valence-corrected chi connectivity index (χ0v) is 13.8. The number of nitrogens with zero attached hydrogens (tertiary/aromatic N) is 2. The summed E-state index contributed by atoms with van der Waals surface area (Å²) in [6.07, 6.45) is -0.856. The van der Waals surface area contributed by atoms with Crippen molar-refractivity contribution >= 4 is 17.4 Å². The van der Waals surface area contributed by atoms with Crippen LogP contribution in [-0.4, -0.2) is 28.9 Å². The zero-order valence-electron chi connectivity index (χ0n) is 13.0. The minimum absolute atomic E-state index is 0.140. The summed E-state index contributed by atoms with van der Waals surface area (Å²) in [7, 11) is 0. The number of aryl methyl sites for hydroxylation is 1. The van der Waals surface area contributed by atoms with Crippen molar-refractivity contribution in [3.63, 3.8) is 0 Å². The first-order chi connectivity index (χ1) is 11.0. The van der Waals surface area contributed by atoms with Gasteiger partial charge in [0.25, 0.3) is 6.43 Å². The molecule has 1 heterocycles. The highest BCUT2D eigenvalue weighted by atomic mass is 32.1. The molecule has 7 heteroatoms. The maximum absolute atomic E-state index is 12.8. The van der Waals surface area contributed by atoms with E-state index in [1.165, 1.54) is 11.3 Å². The SMILES string of the molecule is Cc1cnc([C@H](C)NC(=O)N(Cc2ccccc2)CC(F)F)s1. The Bertz CT molecular complexity index is 633. The summed E-state index contributed by atoms with van der Waals surface area (Å²) >= 11 is 1.47. The molecule has 0 radical (unpaired) electrons. The smallest absolute Gasteiger partial charge is 0.318 e. The zero-order chi connectivity index (χ0) is 16.8. The summed E-state index contributed by atoms with van der Waals surface area (Å²) in [5, 5.41) is 3.49. The molecule has 0 saturated carbocycles. The van der Waals surface area contributed by atoms with E-state index in [9.17, 15) is 13.6 Å². The Morgan fingerprint density at radius 1 is 1.35 bits per heavy atom. The van der Waals surface area contributed by atoms with Gasteiger partial charge in [-0.3, -0.25) is 0 Å². The summed E-state index contributed by atoms with van der Waals surface area (Å²) in [5.74, 6) is 0. The fourth-order valence-corrected chi connectivity index (χ4v) is 2.88.